The number of benzene rings is 2. The van der Waals surface area contributed by atoms with Crippen molar-refractivity contribution in [2.75, 3.05) is 14.1 Å². The van der Waals surface area contributed by atoms with Crippen molar-refractivity contribution in [2.45, 2.75) is 6.61 Å². The minimum Gasteiger partial charge on any atom is -0.488 e. The topological polar surface area (TPSA) is 53.3 Å². The SMILES string of the molecule is CN(C)C(=O)/C(C#N)=C\c1ccc(OCc2ccccc2Cl)c(I)c1. The van der Waals surface area contributed by atoms with Gasteiger partial charge in [-0.05, 0) is 52.4 Å². The zero-order valence-corrected chi connectivity index (χ0v) is 16.7. The maximum Gasteiger partial charge on any atom is 0.264 e. The van der Waals surface area contributed by atoms with Crippen molar-refractivity contribution in [3.63, 3.8) is 0 Å². The number of amides is 1. The Hall–Kier alpha value is -2.04. The molecule has 0 aliphatic heterocycles. The third kappa shape index (κ3) is 5.21. The summed E-state index contributed by atoms with van der Waals surface area (Å²) in [5.41, 5.74) is 1.76. The normalized spacial score (nSPS) is 10.9. The Kier molecular flexibility index (Phi) is 6.85. The lowest BCUT2D eigenvalue weighted by atomic mass is 10.1. The summed E-state index contributed by atoms with van der Waals surface area (Å²) in [5.74, 6) is 0.395. The van der Waals surface area contributed by atoms with Crippen LogP contribution >= 0.6 is 34.2 Å². The van der Waals surface area contributed by atoms with Gasteiger partial charge in [0.15, 0.2) is 0 Å². The maximum absolute atomic E-state index is 11.9. The second-order valence-corrected chi connectivity index (χ2v) is 7.01. The van der Waals surface area contributed by atoms with Crippen LogP contribution in [0.3, 0.4) is 0 Å². The average Bonchev–Trinajstić information content (AvgIpc) is 2.59. The molecule has 25 heavy (non-hydrogen) atoms. The molecular formula is C19H16ClIN2O2. The smallest absolute Gasteiger partial charge is 0.264 e. The molecule has 0 saturated heterocycles. The summed E-state index contributed by atoms with van der Waals surface area (Å²) in [6.45, 7) is 0.368. The van der Waals surface area contributed by atoms with Crippen LogP contribution in [0.25, 0.3) is 6.08 Å². The van der Waals surface area contributed by atoms with E-state index in [-0.39, 0.29) is 11.5 Å². The van der Waals surface area contributed by atoms with Crippen molar-refractivity contribution in [2.24, 2.45) is 0 Å². The van der Waals surface area contributed by atoms with Crippen molar-refractivity contribution in [1.29, 1.82) is 5.26 Å². The maximum atomic E-state index is 11.9. The first-order valence-corrected chi connectivity index (χ1v) is 8.87. The quantitative estimate of drug-likeness (QED) is 0.370. The van der Waals surface area contributed by atoms with Crippen molar-refractivity contribution in [3.8, 4) is 11.8 Å². The van der Waals surface area contributed by atoms with Crippen LogP contribution in [-0.2, 0) is 11.4 Å². The lowest BCUT2D eigenvalue weighted by Crippen LogP contribution is -2.22. The fraction of sp³-hybridized carbons (Fsp3) is 0.158. The van der Waals surface area contributed by atoms with Gasteiger partial charge in [-0.3, -0.25) is 4.79 Å². The Bertz CT molecular complexity index is 857. The Balaban J connectivity index is 2.17. The second kappa shape index (κ2) is 8.88. The molecule has 0 N–H and O–H groups in total. The predicted molar refractivity (Wildman–Crippen MR) is 107 cm³/mol. The van der Waals surface area contributed by atoms with Crippen LogP contribution in [0.15, 0.2) is 48.0 Å². The number of carbonyl (C=O) groups excluding carboxylic acids is 1. The van der Waals surface area contributed by atoms with E-state index >= 15 is 0 Å². The fourth-order valence-corrected chi connectivity index (χ4v) is 2.93. The van der Waals surface area contributed by atoms with Gasteiger partial charge in [-0.2, -0.15) is 5.26 Å². The van der Waals surface area contributed by atoms with Gasteiger partial charge in [-0.25, -0.2) is 0 Å². The van der Waals surface area contributed by atoms with Gasteiger partial charge in [-0.1, -0.05) is 35.9 Å². The monoisotopic (exact) mass is 466 g/mol. The van der Waals surface area contributed by atoms with Crippen LogP contribution in [0.5, 0.6) is 5.75 Å². The number of likely N-dealkylation sites (N-methyl/N-ethyl adjacent to an activating group) is 1. The highest BCUT2D eigenvalue weighted by Gasteiger charge is 2.11. The fourth-order valence-electron chi connectivity index (χ4n) is 2.04. The van der Waals surface area contributed by atoms with E-state index in [1.54, 1.807) is 20.2 Å². The van der Waals surface area contributed by atoms with E-state index in [1.165, 1.54) is 4.90 Å². The number of nitrogens with zero attached hydrogens (tertiary/aromatic N) is 2. The largest absolute Gasteiger partial charge is 0.488 e. The molecule has 2 rings (SSSR count). The van der Waals surface area contributed by atoms with Crippen molar-refractivity contribution >= 4 is 46.2 Å². The number of ether oxygens (including phenoxy) is 1. The van der Waals surface area contributed by atoms with Gasteiger partial charge in [0.1, 0.15) is 24.0 Å². The van der Waals surface area contributed by atoms with E-state index in [0.29, 0.717) is 11.6 Å². The molecule has 0 aliphatic rings. The van der Waals surface area contributed by atoms with Gasteiger partial charge in [-0.15, -0.1) is 0 Å². The minimum atomic E-state index is -0.323. The van der Waals surface area contributed by atoms with Gasteiger partial charge in [0.2, 0.25) is 0 Å². The van der Waals surface area contributed by atoms with Gasteiger partial charge in [0.25, 0.3) is 5.91 Å². The van der Waals surface area contributed by atoms with E-state index in [1.807, 2.05) is 48.5 Å². The zero-order valence-electron chi connectivity index (χ0n) is 13.8. The number of halogens is 2. The highest BCUT2D eigenvalue weighted by atomic mass is 127. The predicted octanol–water partition coefficient (Wildman–Crippen LogP) is 4.52. The molecule has 0 spiro atoms. The average molecular weight is 467 g/mol. The highest BCUT2D eigenvalue weighted by Crippen LogP contribution is 2.25. The molecule has 1 amide bonds. The number of hydrogen-bond donors (Lipinski definition) is 0. The number of hydrogen-bond acceptors (Lipinski definition) is 3. The first-order valence-electron chi connectivity index (χ1n) is 7.41. The Labute approximate surface area is 165 Å². The van der Waals surface area contributed by atoms with Crippen LogP contribution in [0.2, 0.25) is 5.02 Å². The van der Waals surface area contributed by atoms with Crippen LogP contribution in [0.4, 0.5) is 0 Å². The highest BCUT2D eigenvalue weighted by molar-refractivity contribution is 14.1. The van der Waals surface area contributed by atoms with E-state index in [2.05, 4.69) is 22.6 Å². The summed E-state index contributed by atoms with van der Waals surface area (Å²) in [6, 6.07) is 15.0. The van der Waals surface area contributed by atoms with Gasteiger partial charge < -0.3 is 9.64 Å². The molecule has 0 aromatic heterocycles. The lowest BCUT2D eigenvalue weighted by molar-refractivity contribution is -0.124. The van der Waals surface area contributed by atoms with Gasteiger partial charge in [0.05, 0.1) is 3.57 Å². The molecule has 2 aromatic rings. The molecule has 0 aliphatic carbocycles. The summed E-state index contributed by atoms with van der Waals surface area (Å²) in [6.07, 6.45) is 1.57. The Morgan fingerprint density at radius 3 is 2.64 bits per heavy atom. The molecule has 4 nitrogen and oxygen atoms in total. The molecule has 0 radical (unpaired) electrons. The molecule has 0 heterocycles. The number of rotatable bonds is 5. The van der Waals surface area contributed by atoms with Crippen LogP contribution in [-0.4, -0.2) is 24.9 Å². The van der Waals surface area contributed by atoms with Crippen LogP contribution < -0.4 is 4.74 Å². The molecule has 128 valence electrons. The summed E-state index contributed by atoms with van der Waals surface area (Å²) >= 11 is 8.29. The van der Waals surface area contributed by atoms with Crippen LogP contribution in [0.1, 0.15) is 11.1 Å². The van der Waals surface area contributed by atoms with E-state index in [9.17, 15) is 4.79 Å². The van der Waals surface area contributed by atoms with Crippen molar-refractivity contribution < 1.29 is 9.53 Å². The third-order valence-electron chi connectivity index (χ3n) is 3.36. The van der Waals surface area contributed by atoms with Crippen molar-refractivity contribution in [3.05, 3.63) is 67.8 Å². The number of carbonyl (C=O) groups is 1. The first-order chi connectivity index (χ1) is 11.9. The lowest BCUT2D eigenvalue weighted by Gasteiger charge is -2.11. The Morgan fingerprint density at radius 1 is 1.32 bits per heavy atom. The molecule has 0 unspecified atom stereocenters. The summed E-state index contributed by atoms with van der Waals surface area (Å²) in [4.78, 5) is 13.3. The molecule has 0 saturated carbocycles. The van der Waals surface area contributed by atoms with E-state index in [0.717, 1.165) is 20.4 Å². The zero-order chi connectivity index (χ0) is 18.4. The molecule has 6 heteroatoms. The van der Waals surface area contributed by atoms with Crippen molar-refractivity contribution in [1.82, 2.24) is 4.90 Å². The Morgan fingerprint density at radius 2 is 2.04 bits per heavy atom. The summed E-state index contributed by atoms with van der Waals surface area (Å²) in [7, 11) is 3.23. The number of nitriles is 1. The third-order valence-corrected chi connectivity index (χ3v) is 4.58. The first kappa shape index (κ1) is 19.3. The summed E-state index contributed by atoms with van der Waals surface area (Å²) in [5, 5.41) is 9.83. The molecule has 2 aromatic carbocycles. The molecule has 0 atom stereocenters. The van der Waals surface area contributed by atoms with E-state index < -0.39 is 0 Å². The van der Waals surface area contributed by atoms with E-state index in [4.69, 9.17) is 21.6 Å². The minimum absolute atomic E-state index is 0.0885. The van der Waals surface area contributed by atoms with Crippen LogP contribution in [0, 0.1) is 14.9 Å². The molecule has 0 fully saturated rings. The summed E-state index contributed by atoms with van der Waals surface area (Å²) < 4.78 is 6.71. The molecular weight excluding hydrogens is 451 g/mol. The molecule has 0 bridgehead atoms. The van der Waals surface area contributed by atoms with Gasteiger partial charge in [0, 0.05) is 24.7 Å². The standard InChI is InChI=1S/C19H16ClIN2O2/c1-23(2)19(24)15(11-22)9-13-7-8-18(17(21)10-13)25-12-14-5-3-4-6-16(14)20/h3-10H,12H2,1-2H3/b15-9-. The van der Waals surface area contributed by atoms with Gasteiger partial charge >= 0.3 is 0 Å². The second-order valence-electron chi connectivity index (χ2n) is 5.44.